The molecule has 7 heteroatoms. The fourth-order valence-electron chi connectivity index (χ4n) is 2.77. The summed E-state index contributed by atoms with van der Waals surface area (Å²) in [6.07, 6.45) is 3.30. The summed E-state index contributed by atoms with van der Waals surface area (Å²) in [5, 5.41) is 0. The van der Waals surface area contributed by atoms with Crippen molar-refractivity contribution in [1.29, 1.82) is 0 Å². The van der Waals surface area contributed by atoms with E-state index in [4.69, 9.17) is 15.2 Å². The zero-order valence-electron chi connectivity index (χ0n) is 14.0. The first-order valence-corrected chi connectivity index (χ1v) is 8.85. The maximum absolute atomic E-state index is 12.5. The number of halogens is 2. The van der Waals surface area contributed by atoms with E-state index in [1.165, 1.54) is 0 Å². The Morgan fingerprint density at radius 3 is 2.71 bits per heavy atom. The largest absolute Gasteiger partial charge is 0.496 e. The van der Waals surface area contributed by atoms with Crippen molar-refractivity contribution < 1.29 is 14.3 Å². The molecule has 1 aromatic rings. The average Bonchev–Trinajstić information content (AvgIpc) is 2.56. The molecule has 0 aliphatic carbocycles. The number of methoxy groups -OCH3 is 1. The molecule has 0 saturated carbocycles. The number of ether oxygens (including phenoxy) is 2. The minimum absolute atomic E-state index is 0. The summed E-state index contributed by atoms with van der Waals surface area (Å²) in [6, 6.07) is 5.74. The molecule has 1 aromatic carbocycles. The van der Waals surface area contributed by atoms with Crippen LogP contribution in [0.25, 0.3) is 0 Å². The summed E-state index contributed by atoms with van der Waals surface area (Å²) in [6.45, 7) is 2.88. The van der Waals surface area contributed by atoms with Gasteiger partial charge in [0.2, 0.25) is 5.91 Å². The van der Waals surface area contributed by atoms with Gasteiger partial charge in [-0.15, -0.1) is 12.4 Å². The first-order valence-electron chi connectivity index (χ1n) is 8.06. The maximum atomic E-state index is 12.5. The SMILES string of the molecule is COc1ccc(Br)cc1CC(=O)N1CCC(OCCCN)CC1.Cl. The standard InChI is InChI=1S/C17H25BrN2O3.ClH/c1-22-16-4-3-14(18)11-13(16)12-17(21)20-8-5-15(6-9-20)23-10-2-7-19;/h3-4,11,15H,2,5-10,12,19H2,1H3;1H. The van der Waals surface area contributed by atoms with Gasteiger partial charge in [-0.3, -0.25) is 4.79 Å². The van der Waals surface area contributed by atoms with Gasteiger partial charge in [0.25, 0.3) is 0 Å². The van der Waals surface area contributed by atoms with Crippen LogP contribution < -0.4 is 10.5 Å². The molecule has 0 aromatic heterocycles. The van der Waals surface area contributed by atoms with E-state index < -0.39 is 0 Å². The van der Waals surface area contributed by atoms with Gasteiger partial charge in [0.15, 0.2) is 0 Å². The molecule has 24 heavy (non-hydrogen) atoms. The zero-order chi connectivity index (χ0) is 16.7. The third-order valence-corrected chi connectivity index (χ3v) is 4.57. The fourth-order valence-corrected chi connectivity index (χ4v) is 3.17. The Balaban J connectivity index is 0.00000288. The van der Waals surface area contributed by atoms with Crippen molar-refractivity contribution in [2.24, 2.45) is 5.73 Å². The molecule has 1 heterocycles. The van der Waals surface area contributed by atoms with Crippen LogP contribution in [0.5, 0.6) is 5.75 Å². The first-order chi connectivity index (χ1) is 11.1. The minimum Gasteiger partial charge on any atom is -0.496 e. The van der Waals surface area contributed by atoms with Crippen LogP contribution in [0.2, 0.25) is 0 Å². The number of hydrogen-bond donors (Lipinski definition) is 1. The molecular formula is C17H26BrClN2O3. The normalized spacial score (nSPS) is 15.0. The van der Waals surface area contributed by atoms with E-state index in [0.29, 0.717) is 19.6 Å². The topological polar surface area (TPSA) is 64.8 Å². The van der Waals surface area contributed by atoms with Crippen LogP contribution in [0.1, 0.15) is 24.8 Å². The highest BCUT2D eigenvalue weighted by atomic mass is 79.9. The summed E-state index contributed by atoms with van der Waals surface area (Å²) in [5.41, 5.74) is 6.38. The molecule has 0 unspecified atom stereocenters. The second-order valence-electron chi connectivity index (χ2n) is 5.73. The Hall–Kier alpha value is -0.820. The van der Waals surface area contributed by atoms with E-state index in [9.17, 15) is 4.79 Å². The van der Waals surface area contributed by atoms with Crippen molar-refractivity contribution in [3.05, 3.63) is 28.2 Å². The van der Waals surface area contributed by atoms with Gasteiger partial charge in [0.05, 0.1) is 19.6 Å². The number of carbonyl (C=O) groups excluding carboxylic acids is 1. The molecule has 1 saturated heterocycles. The summed E-state index contributed by atoms with van der Waals surface area (Å²) < 4.78 is 12.1. The van der Waals surface area contributed by atoms with E-state index >= 15 is 0 Å². The Kier molecular flexibility index (Phi) is 9.66. The van der Waals surface area contributed by atoms with Crippen LogP contribution in [0, 0.1) is 0 Å². The van der Waals surface area contributed by atoms with Gasteiger partial charge in [-0.05, 0) is 44.0 Å². The second-order valence-corrected chi connectivity index (χ2v) is 6.64. The van der Waals surface area contributed by atoms with E-state index in [0.717, 1.165) is 48.1 Å². The van der Waals surface area contributed by atoms with Crippen LogP contribution in [0.3, 0.4) is 0 Å². The highest BCUT2D eigenvalue weighted by molar-refractivity contribution is 9.10. The van der Waals surface area contributed by atoms with Gasteiger partial charge in [0, 0.05) is 29.7 Å². The number of hydrogen-bond acceptors (Lipinski definition) is 4. The van der Waals surface area contributed by atoms with Crippen molar-refractivity contribution in [2.75, 3.05) is 33.4 Å². The molecule has 1 amide bonds. The van der Waals surface area contributed by atoms with E-state index in [1.807, 2.05) is 23.1 Å². The van der Waals surface area contributed by atoms with Crippen molar-refractivity contribution in [3.63, 3.8) is 0 Å². The highest BCUT2D eigenvalue weighted by Crippen LogP contribution is 2.24. The molecule has 1 aliphatic rings. The lowest BCUT2D eigenvalue weighted by Gasteiger charge is -2.32. The van der Waals surface area contributed by atoms with Crippen molar-refractivity contribution in [1.82, 2.24) is 4.90 Å². The lowest BCUT2D eigenvalue weighted by molar-refractivity contribution is -0.133. The van der Waals surface area contributed by atoms with Gasteiger partial charge in [-0.1, -0.05) is 15.9 Å². The number of likely N-dealkylation sites (tertiary alicyclic amines) is 1. The van der Waals surface area contributed by atoms with Crippen molar-refractivity contribution in [3.8, 4) is 5.75 Å². The molecule has 0 spiro atoms. The second kappa shape index (κ2) is 10.9. The lowest BCUT2D eigenvalue weighted by atomic mass is 10.1. The fraction of sp³-hybridized carbons (Fsp3) is 0.588. The van der Waals surface area contributed by atoms with Crippen LogP contribution in [-0.4, -0.2) is 50.3 Å². The lowest BCUT2D eigenvalue weighted by Crippen LogP contribution is -2.41. The Morgan fingerprint density at radius 2 is 2.08 bits per heavy atom. The summed E-state index contributed by atoms with van der Waals surface area (Å²) in [5.74, 6) is 0.892. The number of nitrogens with two attached hydrogens (primary N) is 1. The number of benzene rings is 1. The molecule has 1 fully saturated rings. The number of piperidine rings is 1. The smallest absolute Gasteiger partial charge is 0.227 e. The summed E-state index contributed by atoms with van der Waals surface area (Å²) in [7, 11) is 1.63. The van der Waals surface area contributed by atoms with Crippen LogP contribution in [0.15, 0.2) is 22.7 Å². The zero-order valence-corrected chi connectivity index (χ0v) is 16.4. The maximum Gasteiger partial charge on any atom is 0.227 e. The molecule has 1 aliphatic heterocycles. The van der Waals surface area contributed by atoms with Crippen molar-refractivity contribution >= 4 is 34.2 Å². The Bertz CT molecular complexity index is 523. The number of rotatable bonds is 7. The monoisotopic (exact) mass is 420 g/mol. The van der Waals surface area contributed by atoms with Gasteiger partial charge < -0.3 is 20.1 Å². The van der Waals surface area contributed by atoms with Gasteiger partial charge in [-0.25, -0.2) is 0 Å². The molecule has 5 nitrogen and oxygen atoms in total. The van der Waals surface area contributed by atoms with Gasteiger partial charge in [-0.2, -0.15) is 0 Å². The van der Waals surface area contributed by atoms with Gasteiger partial charge in [0.1, 0.15) is 5.75 Å². The van der Waals surface area contributed by atoms with Gasteiger partial charge >= 0.3 is 0 Å². The first kappa shape index (κ1) is 21.2. The van der Waals surface area contributed by atoms with Crippen LogP contribution >= 0.6 is 28.3 Å². The summed E-state index contributed by atoms with van der Waals surface area (Å²) >= 11 is 3.44. The quantitative estimate of drug-likeness (QED) is 0.688. The number of amides is 1. The van der Waals surface area contributed by atoms with E-state index in [-0.39, 0.29) is 24.4 Å². The van der Waals surface area contributed by atoms with E-state index in [1.54, 1.807) is 7.11 Å². The minimum atomic E-state index is 0. The molecule has 2 rings (SSSR count). The predicted molar refractivity (Wildman–Crippen MR) is 101 cm³/mol. The number of carbonyl (C=O) groups is 1. The number of nitrogens with zero attached hydrogens (tertiary/aromatic N) is 1. The van der Waals surface area contributed by atoms with Crippen molar-refractivity contribution in [2.45, 2.75) is 31.8 Å². The van der Waals surface area contributed by atoms with E-state index in [2.05, 4.69) is 15.9 Å². The molecule has 2 N–H and O–H groups in total. The molecule has 0 radical (unpaired) electrons. The third-order valence-electron chi connectivity index (χ3n) is 4.08. The average molecular weight is 422 g/mol. The van der Waals surface area contributed by atoms with Crippen LogP contribution in [-0.2, 0) is 16.0 Å². The molecule has 136 valence electrons. The van der Waals surface area contributed by atoms with Crippen LogP contribution in [0.4, 0.5) is 0 Å². The Labute approximate surface area is 158 Å². The molecular weight excluding hydrogens is 396 g/mol. The highest BCUT2D eigenvalue weighted by Gasteiger charge is 2.23. The Morgan fingerprint density at radius 1 is 1.38 bits per heavy atom. The predicted octanol–water partition coefficient (Wildman–Crippen LogP) is 2.78. The molecule has 0 bridgehead atoms. The third kappa shape index (κ3) is 6.24. The summed E-state index contributed by atoms with van der Waals surface area (Å²) in [4.78, 5) is 14.4. The molecule has 0 atom stereocenters.